The zero-order valence-corrected chi connectivity index (χ0v) is 18.3. The molecule has 0 aliphatic carbocycles. The molecule has 5 heterocycles. The third-order valence-electron chi connectivity index (χ3n) is 6.14. The van der Waals surface area contributed by atoms with Crippen molar-refractivity contribution in [3.63, 3.8) is 0 Å². The van der Waals surface area contributed by atoms with E-state index in [2.05, 4.69) is 28.8 Å². The molecule has 2 atom stereocenters. The molecule has 1 aliphatic rings. The second-order valence-electron chi connectivity index (χ2n) is 8.46. The van der Waals surface area contributed by atoms with E-state index in [1.165, 1.54) is 19.0 Å². The van der Waals surface area contributed by atoms with Crippen molar-refractivity contribution in [2.45, 2.75) is 45.3 Å². The molecule has 0 spiro atoms. The van der Waals surface area contributed by atoms with E-state index in [-0.39, 0.29) is 5.56 Å². The molecule has 1 fully saturated rings. The fraction of sp³-hybridized carbons (Fsp3) is 0.348. The zero-order valence-electron chi connectivity index (χ0n) is 18.3. The third kappa shape index (κ3) is 3.49. The second-order valence-corrected chi connectivity index (χ2v) is 8.46. The normalized spacial score (nSPS) is 18.5. The number of carboxylic acids is 1. The summed E-state index contributed by atoms with van der Waals surface area (Å²) in [5.74, 6) is 0.618. The molecule has 0 aromatic carbocycles. The van der Waals surface area contributed by atoms with Crippen molar-refractivity contribution in [3.8, 4) is 11.4 Å². The summed E-state index contributed by atoms with van der Waals surface area (Å²) < 4.78 is 3.71. The SMILES string of the molecule is C[C@H]1CC[C@H](C)N1c1ccc(-c2nc3cc(C(=O)O)cnc3n2Cc2ccn(C)n2)cn1. The Balaban J connectivity index is 1.58. The first-order chi connectivity index (χ1) is 15.4. The number of aryl methyl sites for hydroxylation is 1. The van der Waals surface area contributed by atoms with Gasteiger partial charge in [-0.05, 0) is 51.0 Å². The number of imidazole rings is 1. The van der Waals surface area contributed by atoms with E-state index in [4.69, 9.17) is 9.97 Å². The summed E-state index contributed by atoms with van der Waals surface area (Å²) in [5.41, 5.74) is 2.96. The Morgan fingerprint density at radius 2 is 1.91 bits per heavy atom. The highest BCUT2D eigenvalue weighted by Crippen LogP contribution is 2.31. The van der Waals surface area contributed by atoms with Crippen molar-refractivity contribution in [3.05, 3.63) is 54.1 Å². The van der Waals surface area contributed by atoms with Gasteiger partial charge in [-0.25, -0.2) is 19.7 Å². The molecule has 0 unspecified atom stereocenters. The fourth-order valence-electron chi connectivity index (χ4n) is 4.53. The van der Waals surface area contributed by atoms with Gasteiger partial charge in [0.15, 0.2) is 5.65 Å². The number of anilines is 1. The van der Waals surface area contributed by atoms with Crippen LogP contribution < -0.4 is 4.90 Å². The topological polar surface area (TPSA) is 102 Å². The summed E-state index contributed by atoms with van der Waals surface area (Å²) in [6.07, 6.45) is 7.42. The number of aromatic nitrogens is 6. The van der Waals surface area contributed by atoms with Crippen molar-refractivity contribution in [2.24, 2.45) is 7.05 Å². The molecule has 1 N–H and O–H groups in total. The Bertz CT molecular complexity index is 1280. The van der Waals surface area contributed by atoms with Gasteiger partial charge in [-0.15, -0.1) is 0 Å². The highest BCUT2D eigenvalue weighted by atomic mass is 16.4. The molecular weight excluding hydrogens is 406 g/mol. The molecule has 0 saturated carbocycles. The van der Waals surface area contributed by atoms with Gasteiger partial charge in [0.2, 0.25) is 0 Å². The fourth-order valence-corrected chi connectivity index (χ4v) is 4.53. The van der Waals surface area contributed by atoms with Gasteiger partial charge in [0.1, 0.15) is 17.2 Å². The Kier molecular flexibility index (Phi) is 4.88. The standard InChI is InChI=1S/C23H25N7O2/c1-14-4-5-15(2)30(14)20-7-6-16(11-24-20)21-26-19-10-17(23(31)32)12-25-22(19)29(21)13-18-8-9-28(3)27-18/h6-12,14-15H,4-5,13H2,1-3H3,(H,31,32)/t14-,15-/m0/s1. The highest BCUT2D eigenvalue weighted by molar-refractivity contribution is 5.91. The Labute approximate surface area is 185 Å². The Hall–Kier alpha value is -3.75. The lowest BCUT2D eigenvalue weighted by Crippen LogP contribution is -2.33. The van der Waals surface area contributed by atoms with Crippen molar-refractivity contribution in [1.29, 1.82) is 0 Å². The van der Waals surface area contributed by atoms with Crippen LogP contribution in [0.1, 0.15) is 42.7 Å². The van der Waals surface area contributed by atoms with Gasteiger partial charge < -0.3 is 14.6 Å². The number of aromatic carboxylic acids is 1. The molecule has 9 nitrogen and oxygen atoms in total. The quantitative estimate of drug-likeness (QED) is 0.517. The van der Waals surface area contributed by atoms with Crippen LogP contribution in [0.3, 0.4) is 0 Å². The van der Waals surface area contributed by atoms with Crippen LogP contribution in [0.15, 0.2) is 42.9 Å². The van der Waals surface area contributed by atoms with Gasteiger partial charge in [-0.3, -0.25) is 4.68 Å². The van der Waals surface area contributed by atoms with Crippen molar-refractivity contribution >= 4 is 23.0 Å². The van der Waals surface area contributed by atoms with Gasteiger partial charge in [0.25, 0.3) is 0 Å². The number of carboxylic acid groups (broad SMARTS) is 1. The van der Waals surface area contributed by atoms with Crippen LogP contribution >= 0.6 is 0 Å². The van der Waals surface area contributed by atoms with Gasteiger partial charge in [0, 0.05) is 43.3 Å². The molecule has 9 heteroatoms. The molecule has 0 bridgehead atoms. The third-order valence-corrected chi connectivity index (χ3v) is 6.14. The number of hydrogen-bond acceptors (Lipinski definition) is 6. The number of rotatable bonds is 5. The van der Waals surface area contributed by atoms with Gasteiger partial charge in [-0.1, -0.05) is 0 Å². The van der Waals surface area contributed by atoms with E-state index in [1.54, 1.807) is 10.7 Å². The second kappa shape index (κ2) is 7.74. The lowest BCUT2D eigenvalue weighted by atomic mass is 10.2. The van der Waals surface area contributed by atoms with Crippen molar-refractivity contribution in [1.82, 2.24) is 29.3 Å². The van der Waals surface area contributed by atoms with E-state index < -0.39 is 5.97 Å². The lowest BCUT2D eigenvalue weighted by molar-refractivity contribution is 0.0696. The smallest absolute Gasteiger partial charge is 0.337 e. The number of nitrogens with zero attached hydrogens (tertiary/aromatic N) is 7. The molecule has 32 heavy (non-hydrogen) atoms. The van der Waals surface area contributed by atoms with Crippen LogP contribution in [0.25, 0.3) is 22.6 Å². The lowest BCUT2D eigenvalue weighted by Gasteiger charge is -2.27. The van der Waals surface area contributed by atoms with E-state index >= 15 is 0 Å². The van der Waals surface area contributed by atoms with Crippen LogP contribution in [0, 0.1) is 0 Å². The molecule has 4 aromatic heterocycles. The number of carbonyl (C=O) groups is 1. The highest BCUT2D eigenvalue weighted by Gasteiger charge is 2.28. The predicted molar refractivity (Wildman–Crippen MR) is 121 cm³/mol. The molecule has 164 valence electrons. The molecular formula is C23H25N7O2. The number of hydrogen-bond donors (Lipinski definition) is 1. The summed E-state index contributed by atoms with van der Waals surface area (Å²) in [6.45, 7) is 4.93. The monoisotopic (exact) mass is 431 g/mol. The van der Waals surface area contributed by atoms with Gasteiger partial charge in [-0.2, -0.15) is 5.10 Å². The molecule has 4 aromatic rings. The minimum atomic E-state index is -1.03. The predicted octanol–water partition coefficient (Wildman–Crippen LogP) is 3.35. The zero-order chi connectivity index (χ0) is 22.4. The average molecular weight is 432 g/mol. The van der Waals surface area contributed by atoms with Gasteiger partial charge >= 0.3 is 5.97 Å². The van der Waals surface area contributed by atoms with Crippen LogP contribution in [-0.4, -0.2) is 52.5 Å². The first-order valence-corrected chi connectivity index (χ1v) is 10.7. The molecule has 0 radical (unpaired) electrons. The van der Waals surface area contributed by atoms with Crippen LogP contribution in [0.5, 0.6) is 0 Å². The first kappa shape index (κ1) is 20.2. The number of fused-ring (bicyclic) bond motifs is 1. The van der Waals surface area contributed by atoms with Gasteiger partial charge in [0.05, 0.1) is 17.8 Å². The Morgan fingerprint density at radius 1 is 1.12 bits per heavy atom. The minimum Gasteiger partial charge on any atom is -0.478 e. The summed E-state index contributed by atoms with van der Waals surface area (Å²) in [5, 5.41) is 13.8. The largest absolute Gasteiger partial charge is 0.478 e. The number of pyridine rings is 2. The minimum absolute atomic E-state index is 0.108. The average Bonchev–Trinajstić information content (AvgIpc) is 3.45. The first-order valence-electron chi connectivity index (χ1n) is 10.7. The molecule has 1 aliphatic heterocycles. The van der Waals surface area contributed by atoms with Crippen molar-refractivity contribution < 1.29 is 9.90 Å². The molecule has 1 saturated heterocycles. The molecule has 0 amide bonds. The summed E-state index contributed by atoms with van der Waals surface area (Å²) in [7, 11) is 1.87. The van der Waals surface area contributed by atoms with E-state index in [9.17, 15) is 9.90 Å². The van der Waals surface area contributed by atoms with Crippen LogP contribution in [0.4, 0.5) is 5.82 Å². The Morgan fingerprint density at radius 3 is 2.53 bits per heavy atom. The summed E-state index contributed by atoms with van der Waals surface area (Å²) >= 11 is 0. The maximum absolute atomic E-state index is 11.4. The summed E-state index contributed by atoms with van der Waals surface area (Å²) in [4.78, 5) is 27.7. The molecule has 5 rings (SSSR count). The van der Waals surface area contributed by atoms with E-state index in [0.29, 0.717) is 35.6 Å². The maximum atomic E-state index is 11.4. The van der Waals surface area contributed by atoms with Crippen molar-refractivity contribution in [2.75, 3.05) is 4.90 Å². The van der Waals surface area contributed by atoms with E-state index in [1.807, 2.05) is 42.2 Å². The van der Waals surface area contributed by atoms with Crippen LogP contribution in [-0.2, 0) is 13.6 Å². The van der Waals surface area contributed by atoms with E-state index in [0.717, 1.165) is 17.1 Å². The van der Waals surface area contributed by atoms with Crippen LogP contribution in [0.2, 0.25) is 0 Å². The summed E-state index contributed by atoms with van der Waals surface area (Å²) in [6, 6.07) is 8.49. The maximum Gasteiger partial charge on any atom is 0.337 e.